The highest BCUT2D eigenvalue weighted by Gasteiger charge is 2.07. The highest BCUT2D eigenvalue weighted by Crippen LogP contribution is 2.19. The molecule has 0 aliphatic heterocycles. The Morgan fingerprint density at radius 1 is 0.810 bits per heavy atom. The van der Waals surface area contributed by atoms with E-state index in [9.17, 15) is 0 Å². The standard InChI is InChI=1S/C15H14N4O2/c1-20-13-7-3-11(4-8-13)15-16-18-19(17-15)12-5-9-14(21-2)10-6-12/h3-10H,1-2H3. The van der Waals surface area contributed by atoms with Gasteiger partial charge in [0.1, 0.15) is 11.5 Å². The Labute approximate surface area is 121 Å². The van der Waals surface area contributed by atoms with E-state index in [0.717, 1.165) is 22.7 Å². The number of tetrazole rings is 1. The number of benzene rings is 2. The summed E-state index contributed by atoms with van der Waals surface area (Å²) in [5.41, 5.74) is 1.71. The monoisotopic (exact) mass is 282 g/mol. The summed E-state index contributed by atoms with van der Waals surface area (Å²) in [5.74, 6) is 2.14. The zero-order valence-electron chi connectivity index (χ0n) is 11.7. The van der Waals surface area contributed by atoms with Gasteiger partial charge >= 0.3 is 0 Å². The van der Waals surface area contributed by atoms with Crippen LogP contribution in [0.25, 0.3) is 17.1 Å². The van der Waals surface area contributed by atoms with Crippen molar-refractivity contribution in [2.24, 2.45) is 0 Å². The molecule has 0 radical (unpaired) electrons. The van der Waals surface area contributed by atoms with Gasteiger partial charge in [0.05, 0.1) is 19.9 Å². The molecule has 0 unspecified atom stereocenters. The van der Waals surface area contributed by atoms with Gasteiger partial charge in [-0.15, -0.1) is 15.0 Å². The van der Waals surface area contributed by atoms with Gasteiger partial charge in [-0.3, -0.25) is 0 Å². The molecule has 3 rings (SSSR count). The Bertz CT molecular complexity index is 658. The summed E-state index contributed by atoms with van der Waals surface area (Å²) in [6.45, 7) is 0. The van der Waals surface area contributed by atoms with Crippen LogP contribution in [-0.4, -0.2) is 34.4 Å². The first kappa shape index (κ1) is 13.1. The van der Waals surface area contributed by atoms with Crippen LogP contribution in [0.5, 0.6) is 11.5 Å². The van der Waals surface area contributed by atoms with Gasteiger partial charge in [-0.05, 0) is 53.7 Å². The molecule has 21 heavy (non-hydrogen) atoms. The van der Waals surface area contributed by atoms with Crippen molar-refractivity contribution in [1.29, 1.82) is 0 Å². The molecule has 1 heterocycles. The molecule has 0 spiro atoms. The van der Waals surface area contributed by atoms with Gasteiger partial charge in [0, 0.05) is 5.56 Å². The van der Waals surface area contributed by atoms with Crippen molar-refractivity contribution in [3.8, 4) is 28.6 Å². The van der Waals surface area contributed by atoms with Crippen molar-refractivity contribution >= 4 is 0 Å². The van der Waals surface area contributed by atoms with Gasteiger partial charge in [0.2, 0.25) is 5.82 Å². The molecule has 0 saturated heterocycles. The minimum atomic E-state index is 0.563. The number of hydrogen-bond acceptors (Lipinski definition) is 5. The first-order chi connectivity index (χ1) is 10.3. The molecule has 2 aromatic carbocycles. The van der Waals surface area contributed by atoms with Crippen LogP contribution < -0.4 is 9.47 Å². The third-order valence-corrected chi connectivity index (χ3v) is 3.07. The number of ether oxygens (including phenoxy) is 2. The number of nitrogens with zero attached hydrogens (tertiary/aromatic N) is 4. The van der Waals surface area contributed by atoms with Crippen LogP contribution in [0.1, 0.15) is 0 Å². The van der Waals surface area contributed by atoms with E-state index in [0.29, 0.717) is 5.82 Å². The summed E-state index contributed by atoms with van der Waals surface area (Å²) >= 11 is 0. The van der Waals surface area contributed by atoms with Crippen molar-refractivity contribution in [2.75, 3.05) is 14.2 Å². The van der Waals surface area contributed by atoms with Crippen molar-refractivity contribution in [1.82, 2.24) is 20.2 Å². The van der Waals surface area contributed by atoms with E-state index >= 15 is 0 Å². The van der Waals surface area contributed by atoms with Crippen LogP contribution in [0.2, 0.25) is 0 Å². The smallest absolute Gasteiger partial charge is 0.205 e. The average molecular weight is 282 g/mol. The molecule has 1 aromatic heterocycles. The molecule has 0 saturated carbocycles. The molecule has 6 heteroatoms. The molecule has 0 bridgehead atoms. The van der Waals surface area contributed by atoms with Crippen LogP contribution >= 0.6 is 0 Å². The highest BCUT2D eigenvalue weighted by atomic mass is 16.5. The molecular weight excluding hydrogens is 268 g/mol. The lowest BCUT2D eigenvalue weighted by Crippen LogP contribution is -1.98. The maximum absolute atomic E-state index is 5.13. The second kappa shape index (κ2) is 5.62. The quantitative estimate of drug-likeness (QED) is 0.735. The zero-order valence-corrected chi connectivity index (χ0v) is 11.7. The van der Waals surface area contributed by atoms with Gasteiger partial charge in [0.25, 0.3) is 0 Å². The van der Waals surface area contributed by atoms with Crippen LogP contribution in [0.4, 0.5) is 0 Å². The molecular formula is C15H14N4O2. The molecule has 0 aliphatic carbocycles. The molecule has 0 fully saturated rings. The lowest BCUT2D eigenvalue weighted by Gasteiger charge is -2.01. The van der Waals surface area contributed by atoms with Gasteiger partial charge in [-0.2, -0.15) is 0 Å². The third kappa shape index (κ3) is 2.69. The van der Waals surface area contributed by atoms with E-state index in [1.54, 1.807) is 14.2 Å². The minimum absolute atomic E-state index is 0.563. The predicted octanol–water partition coefficient (Wildman–Crippen LogP) is 2.35. The van der Waals surface area contributed by atoms with Crippen molar-refractivity contribution in [3.05, 3.63) is 48.5 Å². The van der Waals surface area contributed by atoms with Gasteiger partial charge in [-0.1, -0.05) is 0 Å². The second-order valence-electron chi connectivity index (χ2n) is 4.33. The normalized spacial score (nSPS) is 10.4. The van der Waals surface area contributed by atoms with E-state index in [1.807, 2.05) is 48.5 Å². The Balaban J connectivity index is 1.87. The van der Waals surface area contributed by atoms with Crippen LogP contribution in [0, 0.1) is 0 Å². The summed E-state index contributed by atoms with van der Waals surface area (Å²) in [6, 6.07) is 15.0. The first-order valence-corrected chi connectivity index (χ1v) is 6.39. The van der Waals surface area contributed by atoms with Crippen molar-refractivity contribution < 1.29 is 9.47 Å². The van der Waals surface area contributed by atoms with Gasteiger partial charge in [-0.25, -0.2) is 0 Å². The van der Waals surface area contributed by atoms with E-state index in [1.165, 1.54) is 4.80 Å². The lowest BCUT2D eigenvalue weighted by atomic mass is 10.2. The second-order valence-corrected chi connectivity index (χ2v) is 4.33. The lowest BCUT2D eigenvalue weighted by molar-refractivity contribution is 0.414. The van der Waals surface area contributed by atoms with E-state index in [-0.39, 0.29) is 0 Å². The largest absolute Gasteiger partial charge is 0.497 e. The zero-order chi connectivity index (χ0) is 14.7. The maximum atomic E-state index is 5.13. The van der Waals surface area contributed by atoms with Crippen LogP contribution in [-0.2, 0) is 0 Å². The third-order valence-electron chi connectivity index (χ3n) is 3.07. The number of aromatic nitrogens is 4. The summed E-state index contributed by atoms with van der Waals surface area (Å²) in [4.78, 5) is 1.49. The number of methoxy groups -OCH3 is 2. The summed E-state index contributed by atoms with van der Waals surface area (Å²) < 4.78 is 10.3. The van der Waals surface area contributed by atoms with Crippen molar-refractivity contribution in [3.63, 3.8) is 0 Å². The molecule has 6 nitrogen and oxygen atoms in total. The minimum Gasteiger partial charge on any atom is -0.497 e. The molecule has 3 aromatic rings. The topological polar surface area (TPSA) is 62.1 Å². The molecule has 0 N–H and O–H groups in total. The molecule has 0 atom stereocenters. The Kier molecular flexibility index (Phi) is 3.51. The Morgan fingerprint density at radius 3 is 1.95 bits per heavy atom. The summed E-state index contributed by atoms with van der Waals surface area (Å²) in [5, 5.41) is 12.5. The Hall–Kier alpha value is -2.89. The van der Waals surface area contributed by atoms with Crippen molar-refractivity contribution in [2.45, 2.75) is 0 Å². The van der Waals surface area contributed by atoms with Crippen LogP contribution in [0.3, 0.4) is 0 Å². The van der Waals surface area contributed by atoms with Gasteiger partial charge < -0.3 is 9.47 Å². The SMILES string of the molecule is COc1ccc(-c2nnn(-c3ccc(OC)cc3)n2)cc1. The highest BCUT2D eigenvalue weighted by molar-refractivity contribution is 5.55. The average Bonchev–Trinajstić information content (AvgIpc) is 3.05. The van der Waals surface area contributed by atoms with E-state index in [2.05, 4.69) is 15.4 Å². The van der Waals surface area contributed by atoms with Gasteiger partial charge in [0.15, 0.2) is 0 Å². The number of hydrogen-bond donors (Lipinski definition) is 0. The van der Waals surface area contributed by atoms with E-state index < -0.39 is 0 Å². The fourth-order valence-electron chi connectivity index (χ4n) is 1.89. The fourth-order valence-corrected chi connectivity index (χ4v) is 1.89. The summed E-state index contributed by atoms with van der Waals surface area (Å²) in [7, 11) is 3.26. The molecule has 106 valence electrons. The molecule has 0 aliphatic rings. The van der Waals surface area contributed by atoms with Crippen LogP contribution in [0.15, 0.2) is 48.5 Å². The van der Waals surface area contributed by atoms with E-state index in [4.69, 9.17) is 9.47 Å². The number of rotatable bonds is 4. The molecule has 0 amide bonds. The maximum Gasteiger partial charge on any atom is 0.205 e. The Morgan fingerprint density at radius 2 is 1.38 bits per heavy atom. The fraction of sp³-hybridized carbons (Fsp3) is 0.133. The summed E-state index contributed by atoms with van der Waals surface area (Å²) in [6.07, 6.45) is 0. The predicted molar refractivity (Wildman–Crippen MR) is 77.7 cm³/mol. The first-order valence-electron chi connectivity index (χ1n) is 6.39.